The molecule has 0 radical (unpaired) electrons. The van der Waals surface area contributed by atoms with Gasteiger partial charge in [-0.15, -0.1) is 0 Å². The second-order valence-corrected chi connectivity index (χ2v) is 5.91. The number of nitrogens with zero attached hydrogens (tertiary/aromatic N) is 3. The van der Waals surface area contributed by atoms with E-state index in [0.29, 0.717) is 0 Å². The van der Waals surface area contributed by atoms with E-state index in [1.807, 2.05) is 41.9 Å². The molecule has 3 aromatic rings. The fraction of sp³-hybridized carbons (Fsp3) is 0.176. The largest absolute Gasteiger partial charge is 0.208 e. The van der Waals surface area contributed by atoms with E-state index in [1.165, 1.54) is 11.1 Å². The lowest BCUT2D eigenvalue weighted by molar-refractivity contribution is 0.782. The fourth-order valence-corrected chi connectivity index (χ4v) is 3.12. The molecule has 106 valence electrons. The van der Waals surface area contributed by atoms with Gasteiger partial charge in [0, 0.05) is 5.75 Å². The monoisotopic (exact) mass is 295 g/mol. The van der Waals surface area contributed by atoms with E-state index in [2.05, 4.69) is 41.3 Å². The molecule has 0 saturated carbocycles. The van der Waals surface area contributed by atoms with E-state index >= 15 is 0 Å². The van der Waals surface area contributed by atoms with Crippen molar-refractivity contribution in [3.8, 4) is 5.69 Å². The molecule has 0 aliphatic rings. The number of aromatic nitrogens is 3. The minimum Gasteiger partial charge on any atom is -0.208 e. The van der Waals surface area contributed by atoms with Gasteiger partial charge in [0.15, 0.2) is 5.16 Å². The first-order valence-corrected chi connectivity index (χ1v) is 7.88. The normalized spacial score (nSPS) is 10.8. The molecule has 0 aliphatic carbocycles. The summed E-state index contributed by atoms with van der Waals surface area (Å²) in [6, 6.07) is 18.7. The second-order valence-electron chi connectivity index (χ2n) is 4.97. The van der Waals surface area contributed by atoms with Crippen molar-refractivity contribution in [2.45, 2.75) is 24.8 Å². The van der Waals surface area contributed by atoms with Crippen molar-refractivity contribution in [3.63, 3.8) is 0 Å². The molecular formula is C17H17N3S. The highest BCUT2D eigenvalue weighted by atomic mass is 32.2. The average molecular weight is 295 g/mol. The summed E-state index contributed by atoms with van der Waals surface area (Å²) in [5.74, 6) is 1.69. The molecule has 1 heterocycles. The van der Waals surface area contributed by atoms with Crippen LogP contribution in [0.3, 0.4) is 0 Å². The van der Waals surface area contributed by atoms with Crippen molar-refractivity contribution >= 4 is 11.8 Å². The topological polar surface area (TPSA) is 30.7 Å². The minimum absolute atomic E-state index is 0.797. The van der Waals surface area contributed by atoms with Gasteiger partial charge in [-0.3, -0.25) is 0 Å². The Labute approximate surface area is 129 Å². The molecule has 0 saturated heterocycles. The Morgan fingerprint density at radius 3 is 2.57 bits per heavy atom. The summed E-state index contributed by atoms with van der Waals surface area (Å²) in [4.78, 5) is 4.54. The molecule has 3 rings (SSSR count). The van der Waals surface area contributed by atoms with Gasteiger partial charge in [-0.25, -0.2) is 9.67 Å². The van der Waals surface area contributed by atoms with Crippen LogP contribution in [0.2, 0.25) is 0 Å². The summed E-state index contributed by atoms with van der Waals surface area (Å²) in [5, 5.41) is 5.43. The first-order valence-electron chi connectivity index (χ1n) is 6.90. The summed E-state index contributed by atoms with van der Waals surface area (Å²) in [5.41, 5.74) is 3.64. The molecule has 0 spiro atoms. The van der Waals surface area contributed by atoms with Crippen LogP contribution in [0, 0.1) is 13.8 Å². The maximum Gasteiger partial charge on any atom is 0.191 e. The Balaban J connectivity index is 1.83. The Morgan fingerprint density at radius 1 is 1.00 bits per heavy atom. The van der Waals surface area contributed by atoms with Crippen LogP contribution in [0.4, 0.5) is 0 Å². The van der Waals surface area contributed by atoms with Crippen molar-refractivity contribution in [1.29, 1.82) is 0 Å². The van der Waals surface area contributed by atoms with Crippen LogP contribution >= 0.6 is 11.8 Å². The summed E-state index contributed by atoms with van der Waals surface area (Å²) in [6.45, 7) is 4.04. The molecule has 1 aromatic heterocycles. The lowest BCUT2D eigenvalue weighted by atomic mass is 10.2. The highest BCUT2D eigenvalue weighted by Crippen LogP contribution is 2.24. The molecule has 0 bridgehead atoms. The SMILES string of the molecule is Cc1cccc(CSc2nc(C)nn2-c2ccccc2)c1. The van der Waals surface area contributed by atoms with E-state index < -0.39 is 0 Å². The van der Waals surface area contributed by atoms with Gasteiger partial charge in [0.1, 0.15) is 5.82 Å². The third-order valence-electron chi connectivity index (χ3n) is 3.13. The zero-order valence-corrected chi connectivity index (χ0v) is 13.0. The minimum atomic E-state index is 0.797. The number of aryl methyl sites for hydroxylation is 2. The highest BCUT2D eigenvalue weighted by Gasteiger charge is 2.10. The lowest BCUT2D eigenvalue weighted by Crippen LogP contribution is -1.98. The molecule has 0 N–H and O–H groups in total. The molecule has 0 aliphatic heterocycles. The van der Waals surface area contributed by atoms with Crippen molar-refractivity contribution in [3.05, 3.63) is 71.5 Å². The number of para-hydroxylation sites is 1. The standard InChI is InChI=1S/C17H17N3S/c1-13-7-6-8-15(11-13)12-21-17-18-14(2)19-20(17)16-9-4-3-5-10-16/h3-11H,12H2,1-2H3. The van der Waals surface area contributed by atoms with Crippen LogP contribution in [-0.2, 0) is 5.75 Å². The van der Waals surface area contributed by atoms with E-state index in [0.717, 1.165) is 22.4 Å². The van der Waals surface area contributed by atoms with Gasteiger partial charge in [-0.1, -0.05) is 59.8 Å². The first kappa shape index (κ1) is 13.9. The number of hydrogen-bond acceptors (Lipinski definition) is 3. The molecular weight excluding hydrogens is 278 g/mol. The molecule has 0 atom stereocenters. The Hall–Kier alpha value is -2.07. The molecule has 0 amide bonds. The van der Waals surface area contributed by atoms with E-state index in [4.69, 9.17) is 0 Å². The molecule has 0 fully saturated rings. The van der Waals surface area contributed by atoms with Crippen LogP contribution in [0.25, 0.3) is 5.69 Å². The van der Waals surface area contributed by atoms with Crippen LogP contribution in [0.1, 0.15) is 17.0 Å². The number of benzene rings is 2. The van der Waals surface area contributed by atoms with Gasteiger partial charge in [-0.2, -0.15) is 5.10 Å². The number of rotatable bonds is 4. The fourth-order valence-electron chi connectivity index (χ4n) is 2.18. The Morgan fingerprint density at radius 2 is 1.81 bits per heavy atom. The summed E-state index contributed by atoms with van der Waals surface area (Å²) >= 11 is 1.71. The smallest absolute Gasteiger partial charge is 0.191 e. The van der Waals surface area contributed by atoms with Gasteiger partial charge in [0.25, 0.3) is 0 Å². The van der Waals surface area contributed by atoms with E-state index in [9.17, 15) is 0 Å². The molecule has 4 heteroatoms. The van der Waals surface area contributed by atoms with Crippen LogP contribution < -0.4 is 0 Å². The van der Waals surface area contributed by atoms with Crippen LogP contribution in [-0.4, -0.2) is 14.8 Å². The summed E-state index contributed by atoms with van der Waals surface area (Å²) < 4.78 is 1.91. The predicted octanol–water partition coefficient (Wildman–Crippen LogP) is 4.18. The maximum atomic E-state index is 4.54. The van der Waals surface area contributed by atoms with E-state index in [1.54, 1.807) is 11.8 Å². The van der Waals surface area contributed by atoms with Crippen LogP contribution in [0.5, 0.6) is 0 Å². The van der Waals surface area contributed by atoms with E-state index in [-0.39, 0.29) is 0 Å². The first-order chi connectivity index (χ1) is 10.2. The molecule has 0 unspecified atom stereocenters. The van der Waals surface area contributed by atoms with Gasteiger partial charge >= 0.3 is 0 Å². The molecule has 3 nitrogen and oxygen atoms in total. The van der Waals surface area contributed by atoms with Gasteiger partial charge < -0.3 is 0 Å². The van der Waals surface area contributed by atoms with Crippen LogP contribution in [0.15, 0.2) is 59.8 Å². The Bertz CT molecular complexity index is 735. The zero-order valence-electron chi connectivity index (χ0n) is 12.2. The van der Waals surface area contributed by atoms with Gasteiger partial charge in [0.2, 0.25) is 0 Å². The quantitative estimate of drug-likeness (QED) is 0.677. The predicted molar refractivity (Wildman–Crippen MR) is 86.8 cm³/mol. The number of thioether (sulfide) groups is 1. The highest BCUT2D eigenvalue weighted by molar-refractivity contribution is 7.98. The van der Waals surface area contributed by atoms with Gasteiger partial charge in [0.05, 0.1) is 5.69 Å². The molecule has 21 heavy (non-hydrogen) atoms. The van der Waals surface area contributed by atoms with Crippen molar-refractivity contribution in [1.82, 2.24) is 14.8 Å². The third kappa shape index (κ3) is 3.34. The number of hydrogen-bond donors (Lipinski definition) is 0. The summed E-state index contributed by atoms with van der Waals surface area (Å²) in [7, 11) is 0. The average Bonchev–Trinajstić information content (AvgIpc) is 2.87. The van der Waals surface area contributed by atoms with Gasteiger partial charge in [-0.05, 0) is 31.5 Å². The van der Waals surface area contributed by atoms with Crippen molar-refractivity contribution in [2.24, 2.45) is 0 Å². The van der Waals surface area contributed by atoms with Crippen molar-refractivity contribution < 1.29 is 0 Å². The molecule has 2 aromatic carbocycles. The van der Waals surface area contributed by atoms with Crippen molar-refractivity contribution in [2.75, 3.05) is 0 Å². The zero-order chi connectivity index (χ0) is 14.7. The summed E-state index contributed by atoms with van der Waals surface area (Å²) in [6.07, 6.45) is 0. The Kier molecular flexibility index (Phi) is 4.06. The second kappa shape index (κ2) is 6.14. The maximum absolute atomic E-state index is 4.54. The third-order valence-corrected chi connectivity index (χ3v) is 4.13. The lowest BCUT2D eigenvalue weighted by Gasteiger charge is -2.05.